The first-order valence-corrected chi connectivity index (χ1v) is 46.1. The van der Waals surface area contributed by atoms with E-state index in [1.54, 1.807) is 54.6 Å². The average molecular weight is 2090 g/mol. The van der Waals surface area contributed by atoms with E-state index in [0.717, 1.165) is 101 Å². The number of alkyl halides is 3. The van der Waals surface area contributed by atoms with E-state index in [1.807, 2.05) is 125 Å². The number of esters is 2. The van der Waals surface area contributed by atoms with Crippen molar-refractivity contribution in [1.29, 1.82) is 0 Å². The van der Waals surface area contributed by atoms with Crippen LogP contribution < -0.4 is 187 Å². The Kier molecular flexibility index (Phi) is 113. The van der Waals surface area contributed by atoms with Gasteiger partial charge in [0.05, 0.1) is 62.0 Å². The Balaban J connectivity index is -0.000000134. The molecule has 0 saturated heterocycles. The van der Waals surface area contributed by atoms with Crippen LogP contribution in [-0.4, -0.2) is 232 Å². The summed E-state index contributed by atoms with van der Waals surface area (Å²) in [5.41, 5.74) is 10.7. The zero-order valence-electron chi connectivity index (χ0n) is 68.0. The van der Waals surface area contributed by atoms with Crippen molar-refractivity contribution < 1.29 is 213 Å². The van der Waals surface area contributed by atoms with E-state index in [2.05, 4.69) is 215 Å². The monoisotopic (exact) mass is 2080 g/mol. The molecule has 0 aliphatic heterocycles. The van der Waals surface area contributed by atoms with Gasteiger partial charge in [-0.15, -0.1) is 47.3 Å². The number of methoxy groups -OCH3 is 5. The number of hydrogen-bond donors (Lipinski definition) is 4. The summed E-state index contributed by atoms with van der Waals surface area (Å²) in [4.78, 5) is 58.0. The molecule has 0 saturated carbocycles. The summed E-state index contributed by atoms with van der Waals surface area (Å²) in [5, 5.41) is 28.4. The van der Waals surface area contributed by atoms with Crippen molar-refractivity contribution in [3.63, 3.8) is 0 Å². The van der Waals surface area contributed by atoms with E-state index in [1.165, 1.54) is 68.9 Å². The molecule has 5 aromatic carbocycles. The number of aliphatic hydroxyl groups excluding tert-OH is 2. The number of carbonyl (C=O) groups excluding carboxylic acids is 5. The van der Waals surface area contributed by atoms with Crippen molar-refractivity contribution in [1.82, 2.24) is 0 Å². The van der Waals surface area contributed by atoms with Crippen LogP contribution in [0.15, 0.2) is 121 Å². The van der Waals surface area contributed by atoms with Crippen molar-refractivity contribution in [3.05, 3.63) is 121 Å². The number of rotatable bonds is 42. The molecule has 0 aromatic heterocycles. The van der Waals surface area contributed by atoms with Crippen molar-refractivity contribution in [3.8, 4) is 28.7 Å². The summed E-state index contributed by atoms with van der Waals surface area (Å²) in [5.74, 6) is 17.2. The van der Waals surface area contributed by atoms with Gasteiger partial charge < -0.3 is 81.7 Å². The summed E-state index contributed by atoms with van der Waals surface area (Å²) >= 11 is 33.4. The average Bonchev–Trinajstić information content (AvgIpc) is 0.906. The second-order valence-corrected chi connectivity index (χ2v) is 35.2. The molecule has 37 heteroatoms. The van der Waals surface area contributed by atoms with Crippen molar-refractivity contribution in [2.45, 2.75) is 48.0 Å². The third-order valence-corrected chi connectivity index (χ3v) is 19.3. The van der Waals surface area contributed by atoms with Gasteiger partial charge in [-0.05, 0) is 165 Å². The van der Waals surface area contributed by atoms with Crippen LogP contribution in [0.1, 0.15) is 50.8 Å². The Morgan fingerprint density at radius 3 is 1.01 bits per heavy atom. The quantitative estimate of drug-likeness (QED) is 0.00358. The molecule has 21 nitrogen and oxygen atoms in total. The van der Waals surface area contributed by atoms with E-state index < -0.39 is 0 Å². The fourth-order valence-electron chi connectivity index (χ4n) is 7.75. The number of thiol groups is 1. The van der Waals surface area contributed by atoms with Gasteiger partial charge in [0, 0.05) is 125 Å². The van der Waals surface area contributed by atoms with Crippen LogP contribution in [-0.2, 0) is 38.3 Å². The predicted octanol–water partition coefficient (Wildman–Crippen LogP) is 6.86. The Hall–Kier alpha value is 1.09. The first-order valence-electron chi connectivity index (χ1n) is 33.6. The molecule has 0 radical (unpaired) electrons. The topological polar surface area (TPSA) is 262 Å². The first-order chi connectivity index (χ1) is 51.3. The normalized spacial score (nSPS) is 9.18. The van der Waals surface area contributed by atoms with Crippen LogP contribution in [0.3, 0.4) is 0 Å². The number of anilines is 5. The fourth-order valence-corrected chi connectivity index (χ4v) is 13.1. The fraction of sp³-hybridized carbons (Fsp3) is 0.528. The van der Waals surface area contributed by atoms with Gasteiger partial charge in [-0.2, -0.15) is 81.0 Å². The van der Waals surface area contributed by atoms with Gasteiger partial charge in [0.1, 0.15) is 40.6 Å². The van der Waals surface area contributed by atoms with Crippen LogP contribution in [0.25, 0.3) is 0 Å². The maximum Gasteiger partial charge on any atom is 1.00 e. The molecule has 0 spiro atoms. The number of hydrogen-bond acceptors (Lipinski definition) is 27. The molecular formula is C72H115BBr6K2N5NaO16S6. The maximum atomic E-state index is 11.5. The number of nitrogen functional groups attached to an aromatic ring is 1. The predicted molar refractivity (Wildman–Crippen MR) is 482 cm³/mol. The third kappa shape index (κ3) is 81.2. The number of aliphatic hydroxyl groups is 2. The molecule has 0 atom stereocenters. The van der Waals surface area contributed by atoms with Gasteiger partial charge in [-0.3, -0.25) is 14.4 Å². The summed E-state index contributed by atoms with van der Waals surface area (Å²) in [6.45, 7) is 19.6. The molecule has 0 aliphatic rings. The smallest absolute Gasteiger partial charge is 1.00 e. The van der Waals surface area contributed by atoms with Gasteiger partial charge in [0.15, 0.2) is 0 Å². The van der Waals surface area contributed by atoms with E-state index >= 15 is 0 Å². The maximum absolute atomic E-state index is 11.5. The van der Waals surface area contributed by atoms with Crippen molar-refractivity contribution >= 4 is 223 Å². The summed E-state index contributed by atoms with van der Waals surface area (Å²) < 4.78 is 35.3. The number of nitrogens with two attached hydrogens (primary N) is 1. The minimum absolute atomic E-state index is 0. The summed E-state index contributed by atoms with van der Waals surface area (Å²) in [6.07, 6.45) is 1.23. The SMILES string of the molecule is BrB(Br)Br.CCCN(CC(=O)OCC)c1ccc(OC)cc1.CCOC(=O)CBr.CCSCCS.CCSCCSCCN(CCSCCSCC)c1ccc(OC)cc1.COc1ccc(N(CCBr)CCBr)cc1.COc1ccc(N(CCO)CCO)cc1.COc1ccc(N)cc1.O=C=O.O=CO[O-].[H-].[H-].[K+].[K+].[Na+]. The molecule has 0 aliphatic carbocycles. The second-order valence-electron chi connectivity index (χ2n) is 19.6. The Labute approximate surface area is 839 Å². The van der Waals surface area contributed by atoms with E-state index in [4.69, 9.17) is 64.0 Å². The Bertz CT molecular complexity index is 2700. The molecule has 109 heavy (non-hydrogen) atoms. The number of thioether (sulfide) groups is 5. The molecule has 0 fully saturated rings. The Morgan fingerprint density at radius 1 is 0.495 bits per heavy atom. The molecular weight excluding hydrogens is 1970 g/mol. The van der Waals surface area contributed by atoms with Crippen LogP contribution in [0.5, 0.6) is 28.7 Å². The molecule has 5 rings (SSSR count). The van der Waals surface area contributed by atoms with Gasteiger partial charge in [-0.25, -0.2) is 0 Å². The number of ether oxygens (including phenoxy) is 7. The number of benzene rings is 5. The largest absolute Gasteiger partial charge is 1.00 e. The minimum atomic E-state index is -0.206. The van der Waals surface area contributed by atoms with Gasteiger partial charge in [-0.1, -0.05) is 75.5 Å². The summed E-state index contributed by atoms with van der Waals surface area (Å²) in [6, 6.07) is 39.2. The van der Waals surface area contributed by atoms with Crippen LogP contribution in [0.4, 0.5) is 28.4 Å². The zero-order chi connectivity index (χ0) is 80.7. The Morgan fingerprint density at radius 2 is 0.771 bits per heavy atom. The van der Waals surface area contributed by atoms with Crippen LogP contribution >= 0.6 is 166 Å². The molecule has 0 bridgehead atoms. The molecule has 0 unspecified atom stereocenters. The third-order valence-electron chi connectivity index (χ3n) is 12.5. The van der Waals surface area contributed by atoms with Crippen molar-refractivity contribution in [2.24, 2.45) is 0 Å². The van der Waals surface area contributed by atoms with Crippen LogP contribution in [0, 0.1) is 0 Å². The zero-order valence-corrected chi connectivity index (χ0v) is 88.8. The first kappa shape index (κ1) is 126. The second kappa shape index (κ2) is 97.9. The summed E-state index contributed by atoms with van der Waals surface area (Å²) in [7, 11) is 8.30. The van der Waals surface area contributed by atoms with E-state index in [-0.39, 0.29) is 183 Å². The van der Waals surface area contributed by atoms with Gasteiger partial charge in [0.25, 0.3) is 6.47 Å². The van der Waals surface area contributed by atoms with E-state index in [9.17, 15) is 9.59 Å². The van der Waals surface area contributed by atoms with Crippen LogP contribution in [0.2, 0.25) is 0 Å². The number of carbonyl (C=O) groups is 3. The van der Waals surface area contributed by atoms with E-state index in [0.29, 0.717) is 31.6 Å². The van der Waals surface area contributed by atoms with Gasteiger partial charge >= 0.3 is 154 Å². The number of halogens is 6. The molecule has 4 N–H and O–H groups in total. The number of nitrogens with zero attached hydrogens (tertiary/aromatic N) is 4. The molecule has 5 aromatic rings. The minimum Gasteiger partial charge on any atom is -1.00 e. The van der Waals surface area contributed by atoms with Gasteiger partial charge in [0.2, 0.25) is 0 Å². The standard InChI is InChI=1S/C19H33NOS4.C14H21NO3.C11H15Br2NO.C11H17NO3.C7H9NO.C4H7BrO2.C4H10S2.CH2O3.CO2.BBr3.2K.Na.2H/c1-4-22-14-16-24-12-10-20(11-13-25-17-15-23-5-2)18-6-8-19(21-3)9-7-18;1-4-10-15(11-14(16)18-5-2)12-6-8-13(17-3)9-7-12;1-15-11-4-2-10(3-5-11)14(8-6-12)9-7-13;1-15-11-4-2-10(3-5-11)12(6-8-13)7-9-14;1-9-7-4-2-6(8)3-5-7;1-2-7-4(6)3-5;1-2-6-4-3-5;2-1-4-3;2-1-3;2-1(3)4;;;;;/h6-9H,4-5,10-17H2,1-3H3;6-9H,4-5,10-11H2,1-3H3;2-5H,6-9H2,1H3;2-5,13-14H,6-9H2,1H3;2-5H,8H2,1H3;2-3H2,1H3;5H,2-4H2,1H3;1,3H;;;;;;;/q;;;;;;;;;;3*+1;2*-1/p-1. The molecule has 0 amide bonds. The molecule has 608 valence electrons. The van der Waals surface area contributed by atoms with Crippen molar-refractivity contribution in [2.75, 3.05) is 219 Å². The molecule has 0 heterocycles.